The SMILES string of the molecule is CC(C)(C)OC(=O)N1C2CCC1CN(c1nc(OC[C@@H]3CCCN3CCC3CCC4(CCNCC4)CC3)nc3c(F)c(Cl)ncc13)C2. The van der Waals surface area contributed by atoms with Gasteiger partial charge in [0.2, 0.25) is 0 Å². The summed E-state index contributed by atoms with van der Waals surface area (Å²) >= 11 is 6.11. The number of piperazine rings is 1. The molecule has 1 amide bonds. The number of halogens is 2. The van der Waals surface area contributed by atoms with Crippen molar-refractivity contribution >= 4 is 34.4 Å². The largest absolute Gasteiger partial charge is 0.462 e. The summed E-state index contributed by atoms with van der Waals surface area (Å²) < 4.78 is 27.4. The monoisotopic (exact) mass is 671 g/mol. The van der Waals surface area contributed by atoms with E-state index in [1.807, 2.05) is 25.7 Å². The summed E-state index contributed by atoms with van der Waals surface area (Å²) in [5.41, 5.74) is 0.153. The Hall–Kier alpha value is -2.50. The number of ether oxygens (including phenoxy) is 2. The van der Waals surface area contributed by atoms with E-state index in [0.717, 1.165) is 44.7 Å². The van der Waals surface area contributed by atoms with Crippen molar-refractivity contribution in [3.63, 3.8) is 0 Å². The molecule has 0 radical (unpaired) electrons. The van der Waals surface area contributed by atoms with Crippen molar-refractivity contribution in [3.8, 4) is 6.01 Å². The number of piperidine rings is 1. The average Bonchev–Trinajstić information content (AvgIpc) is 3.61. The number of carbonyl (C=O) groups excluding carboxylic acids is 1. The van der Waals surface area contributed by atoms with Crippen LogP contribution < -0.4 is 15.0 Å². The van der Waals surface area contributed by atoms with E-state index in [4.69, 9.17) is 26.1 Å². The van der Waals surface area contributed by atoms with Crippen LogP contribution in [0.25, 0.3) is 10.9 Å². The molecule has 12 heteroatoms. The highest BCUT2D eigenvalue weighted by molar-refractivity contribution is 6.30. The second-order valence-corrected chi connectivity index (χ2v) is 16.1. The second kappa shape index (κ2) is 13.4. The number of hydrogen-bond acceptors (Lipinski definition) is 9. The van der Waals surface area contributed by atoms with E-state index in [-0.39, 0.29) is 40.9 Å². The van der Waals surface area contributed by atoms with Crippen molar-refractivity contribution < 1.29 is 18.7 Å². The maximum absolute atomic E-state index is 15.4. The normalized spacial score (nSPS) is 26.8. The van der Waals surface area contributed by atoms with E-state index in [1.54, 1.807) is 6.20 Å². The molecule has 5 aliphatic rings. The van der Waals surface area contributed by atoms with Crippen LogP contribution in [-0.2, 0) is 4.74 Å². The predicted octanol–water partition coefficient (Wildman–Crippen LogP) is 6.20. The van der Waals surface area contributed by atoms with Gasteiger partial charge in [-0.2, -0.15) is 9.97 Å². The van der Waals surface area contributed by atoms with Gasteiger partial charge in [0.15, 0.2) is 11.0 Å². The highest BCUT2D eigenvalue weighted by Gasteiger charge is 2.45. The molecule has 6 heterocycles. The van der Waals surface area contributed by atoms with Gasteiger partial charge in [-0.05, 0) is 129 Å². The molecule has 10 nitrogen and oxygen atoms in total. The van der Waals surface area contributed by atoms with Gasteiger partial charge < -0.3 is 19.7 Å². The third-order valence-electron chi connectivity index (χ3n) is 11.5. The minimum Gasteiger partial charge on any atom is -0.462 e. The van der Waals surface area contributed by atoms with Crippen LogP contribution in [0.4, 0.5) is 15.0 Å². The topological polar surface area (TPSA) is 96.0 Å². The van der Waals surface area contributed by atoms with Crippen molar-refractivity contribution in [3.05, 3.63) is 17.2 Å². The number of pyridine rings is 1. The highest BCUT2D eigenvalue weighted by atomic mass is 35.5. The fraction of sp³-hybridized carbons (Fsp3) is 0.771. The summed E-state index contributed by atoms with van der Waals surface area (Å²) in [5, 5.41) is 3.80. The van der Waals surface area contributed by atoms with Crippen LogP contribution in [-0.4, -0.2) is 100 Å². The van der Waals surface area contributed by atoms with Crippen LogP contribution in [0.5, 0.6) is 6.01 Å². The second-order valence-electron chi connectivity index (χ2n) is 15.8. The Labute approximate surface area is 283 Å². The molecule has 2 aromatic rings. The van der Waals surface area contributed by atoms with Gasteiger partial charge >= 0.3 is 12.1 Å². The Kier molecular flexibility index (Phi) is 9.43. The smallest absolute Gasteiger partial charge is 0.410 e. The van der Waals surface area contributed by atoms with Gasteiger partial charge in [0, 0.05) is 25.3 Å². The van der Waals surface area contributed by atoms with Crippen LogP contribution in [0.2, 0.25) is 5.15 Å². The molecule has 3 atom stereocenters. The number of amides is 1. The first-order valence-corrected chi connectivity index (χ1v) is 18.3. The lowest BCUT2D eigenvalue weighted by molar-refractivity contribution is 0.0122. The lowest BCUT2D eigenvalue weighted by atomic mass is 9.65. The highest BCUT2D eigenvalue weighted by Crippen LogP contribution is 2.46. The molecule has 1 saturated carbocycles. The molecule has 47 heavy (non-hydrogen) atoms. The Balaban J connectivity index is 1.02. The molecule has 2 aromatic heterocycles. The number of anilines is 1. The maximum Gasteiger partial charge on any atom is 0.410 e. The van der Waals surface area contributed by atoms with Gasteiger partial charge in [0.05, 0.1) is 17.5 Å². The minimum atomic E-state index is -0.672. The van der Waals surface area contributed by atoms with E-state index in [9.17, 15) is 4.79 Å². The van der Waals surface area contributed by atoms with Crippen molar-refractivity contribution in [2.24, 2.45) is 11.3 Å². The Morgan fingerprint density at radius 2 is 1.79 bits per heavy atom. The zero-order valence-corrected chi connectivity index (χ0v) is 29.0. The summed E-state index contributed by atoms with van der Waals surface area (Å²) in [4.78, 5) is 33.1. The van der Waals surface area contributed by atoms with Gasteiger partial charge in [-0.25, -0.2) is 14.2 Å². The van der Waals surface area contributed by atoms with Gasteiger partial charge in [-0.3, -0.25) is 9.80 Å². The molecular formula is C35H51ClFN7O3. The molecule has 2 bridgehead atoms. The number of aromatic nitrogens is 3. The molecule has 4 saturated heterocycles. The van der Waals surface area contributed by atoms with Crippen molar-refractivity contribution in [2.75, 3.05) is 50.8 Å². The quantitative estimate of drug-likeness (QED) is 0.345. The number of nitrogens with zero attached hydrogens (tertiary/aromatic N) is 6. The third-order valence-corrected chi connectivity index (χ3v) is 11.8. The van der Waals surface area contributed by atoms with Crippen molar-refractivity contribution in [2.45, 2.75) is 115 Å². The lowest BCUT2D eigenvalue weighted by Gasteiger charge is -2.43. The number of fused-ring (bicyclic) bond motifs is 3. The van der Waals surface area contributed by atoms with E-state index < -0.39 is 11.4 Å². The first kappa shape index (κ1) is 33.0. The zero-order chi connectivity index (χ0) is 32.8. The zero-order valence-electron chi connectivity index (χ0n) is 28.3. The predicted molar refractivity (Wildman–Crippen MR) is 181 cm³/mol. The number of likely N-dealkylation sites (tertiary alicyclic amines) is 1. The summed E-state index contributed by atoms with van der Waals surface area (Å²) in [6, 6.07) is 0.396. The number of nitrogens with one attached hydrogen (secondary N) is 1. The number of hydrogen-bond donors (Lipinski definition) is 1. The van der Waals surface area contributed by atoms with E-state index in [1.165, 1.54) is 58.0 Å². The molecule has 4 aliphatic heterocycles. The van der Waals surface area contributed by atoms with Gasteiger partial charge in [0.1, 0.15) is 23.5 Å². The Bertz CT molecular complexity index is 1430. The van der Waals surface area contributed by atoms with Crippen molar-refractivity contribution in [1.82, 2.24) is 30.1 Å². The van der Waals surface area contributed by atoms with E-state index in [0.29, 0.717) is 36.3 Å². The molecule has 2 unspecified atom stereocenters. The molecule has 7 rings (SSSR count). The Morgan fingerprint density at radius 3 is 2.49 bits per heavy atom. The van der Waals surface area contributed by atoms with Gasteiger partial charge in [0.25, 0.3) is 0 Å². The maximum atomic E-state index is 15.4. The fourth-order valence-corrected chi connectivity index (χ4v) is 9.07. The standard InChI is InChI=1S/C35H51ClFN7O3/c1-34(2,3)47-33(45)44-24-6-7-25(44)21-43(20-24)31-27-19-39-30(36)28(37)29(27)40-32(41-31)46-22-26-5-4-17-42(26)18-10-23-8-11-35(12-9-23)13-15-38-16-14-35/h19,23-26,38H,4-18,20-22H2,1-3H3/t24?,25?,26-/m0/s1. The summed E-state index contributed by atoms with van der Waals surface area (Å²) in [6.07, 6.45) is 14.7. The fourth-order valence-electron chi connectivity index (χ4n) is 8.93. The first-order valence-electron chi connectivity index (χ1n) is 17.9. The van der Waals surface area contributed by atoms with E-state index >= 15 is 4.39 Å². The molecule has 1 aliphatic carbocycles. The molecule has 5 fully saturated rings. The van der Waals surface area contributed by atoms with Gasteiger partial charge in [-0.1, -0.05) is 11.6 Å². The summed E-state index contributed by atoms with van der Waals surface area (Å²) in [6.45, 7) is 11.8. The van der Waals surface area contributed by atoms with Crippen LogP contribution in [0.1, 0.15) is 91.4 Å². The molecular weight excluding hydrogens is 621 g/mol. The number of rotatable bonds is 7. The van der Waals surface area contributed by atoms with Crippen LogP contribution in [0.3, 0.4) is 0 Å². The minimum absolute atomic E-state index is 0.0236. The molecule has 1 N–H and O–H groups in total. The first-order chi connectivity index (χ1) is 22.6. The Morgan fingerprint density at radius 1 is 1.06 bits per heavy atom. The van der Waals surface area contributed by atoms with Crippen molar-refractivity contribution in [1.29, 1.82) is 0 Å². The van der Waals surface area contributed by atoms with E-state index in [2.05, 4.69) is 25.1 Å². The lowest BCUT2D eigenvalue weighted by Crippen LogP contribution is -2.57. The van der Waals surface area contributed by atoms with Crippen LogP contribution in [0, 0.1) is 17.2 Å². The third kappa shape index (κ3) is 7.13. The average molecular weight is 672 g/mol. The van der Waals surface area contributed by atoms with Crippen LogP contribution in [0.15, 0.2) is 6.20 Å². The number of carbonyl (C=O) groups is 1. The molecule has 0 aromatic carbocycles. The van der Waals surface area contributed by atoms with Gasteiger partial charge in [-0.15, -0.1) is 0 Å². The van der Waals surface area contributed by atoms with Crippen LogP contribution >= 0.6 is 11.6 Å². The molecule has 258 valence electrons. The summed E-state index contributed by atoms with van der Waals surface area (Å²) in [7, 11) is 0. The molecule has 1 spiro atoms. The summed E-state index contributed by atoms with van der Waals surface area (Å²) in [5.74, 6) is 0.714.